The normalized spacial score (nSPS) is 19.7. The van der Waals surface area contributed by atoms with Crippen LogP contribution in [0.2, 0.25) is 0 Å². The van der Waals surface area contributed by atoms with Gasteiger partial charge in [0.15, 0.2) is 0 Å². The van der Waals surface area contributed by atoms with Crippen LogP contribution in [0, 0.1) is 0 Å². The quantitative estimate of drug-likeness (QED) is 0.636. The number of ether oxygens (including phenoxy) is 1. The number of aryl methyl sites for hydroxylation is 1. The second kappa shape index (κ2) is 9.94. The second-order valence-electron chi connectivity index (χ2n) is 8.99. The van der Waals surface area contributed by atoms with Gasteiger partial charge in [-0.15, -0.1) is 0 Å². The van der Waals surface area contributed by atoms with Crippen LogP contribution in [0.3, 0.4) is 0 Å². The minimum Gasteiger partial charge on any atom is -0.497 e. The molecule has 0 bridgehead atoms. The van der Waals surface area contributed by atoms with Gasteiger partial charge in [0.1, 0.15) is 11.4 Å². The third-order valence-corrected chi connectivity index (χ3v) is 7.07. The second-order valence-corrected chi connectivity index (χ2v) is 8.99. The molecular formula is C25H36N4O3. The van der Waals surface area contributed by atoms with Crippen LogP contribution in [0.25, 0.3) is 10.9 Å². The summed E-state index contributed by atoms with van der Waals surface area (Å²) in [7, 11) is 3.52. The molecule has 0 spiro atoms. The molecule has 2 aliphatic heterocycles. The van der Waals surface area contributed by atoms with Crippen LogP contribution in [0.4, 0.5) is 5.69 Å². The number of aromatic nitrogens is 1. The third kappa shape index (κ3) is 4.35. The van der Waals surface area contributed by atoms with Crippen molar-refractivity contribution >= 4 is 28.4 Å². The number of hydrogen-bond acceptors (Lipinski definition) is 4. The highest BCUT2D eigenvalue weighted by Gasteiger charge is 2.31. The van der Waals surface area contributed by atoms with E-state index in [1.807, 2.05) is 29.8 Å². The summed E-state index contributed by atoms with van der Waals surface area (Å²) >= 11 is 0. The van der Waals surface area contributed by atoms with E-state index in [1.165, 1.54) is 32.2 Å². The van der Waals surface area contributed by atoms with Crippen molar-refractivity contribution in [2.45, 2.75) is 57.9 Å². The Morgan fingerprint density at radius 3 is 2.78 bits per heavy atom. The number of methoxy groups -OCH3 is 1. The summed E-state index contributed by atoms with van der Waals surface area (Å²) in [6.07, 6.45) is 7.35. The molecule has 0 aliphatic carbocycles. The number of carbonyl (C=O) groups is 2. The zero-order chi connectivity index (χ0) is 22.7. The molecule has 4 rings (SSSR count). The van der Waals surface area contributed by atoms with E-state index in [9.17, 15) is 9.59 Å². The van der Waals surface area contributed by atoms with Crippen molar-refractivity contribution in [3.05, 3.63) is 23.9 Å². The first-order chi connectivity index (χ1) is 15.5. The minimum atomic E-state index is -0.122. The number of likely N-dealkylation sites (tertiary alicyclic amines) is 1. The summed E-state index contributed by atoms with van der Waals surface area (Å²) in [6.45, 7) is 5.72. The molecule has 174 valence electrons. The highest BCUT2D eigenvalue weighted by atomic mass is 16.5. The number of carbonyl (C=O) groups excluding carboxylic acids is 2. The molecule has 2 amide bonds. The van der Waals surface area contributed by atoms with Gasteiger partial charge in [-0.3, -0.25) is 9.59 Å². The number of piperidine rings is 1. The average molecular weight is 441 g/mol. The SMILES string of the molecule is CCC1CCCCN1CCCNC(=O)c1c(N2CCCC2=O)c2cc(OC)ccc2n1C. The molecule has 1 aromatic heterocycles. The highest BCUT2D eigenvalue weighted by Crippen LogP contribution is 2.37. The highest BCUT2D eigenvalue weighted by molar-refractivity contribution is 6.14. The Morgan fingerprint density at radius 2 is 2.06 bits per heavy atom. The number of nitrogens with zero attached hydrogens (tertiary/aromatic N) is 3. The molecule has 2 fully saturated rings. The molecule has 0 saturated carbocycles. The van der Waals surface area contributed by atoms with E-state index in [0.717, 1.165) is 36.0 Å². The Kier molecular flexibility index (Phi) is 7.04. The van der Waals surface area contributed by atoms with Gasteiger partial charge in [0.25, 0.3) is 5.91 Å². The third-order valence-electron chi connectivity index (χ3n) is 7.07. The van der Waals surface area contributed by atoms with Crippen LogP contribution in [-0.4, -0.2) is 60.6 Å². The molecule has 1 unspecified atom stereocenters. The van der Waals surface area contributed by atoms with Gasteiger partial charge >= 0.3 is 0 Å². The van der Waals surface area contributed by atoms with E-state index < -0.39 is 0 Å². The van der Waals surface area contributed by atoms with Gasteiger partial charge in [-0.25, -0.2) is 0 Å². The lowest BCUT2D eigenvalue weighted by atomic mass is 10.00. The number of rotatable bonds is 8. The minimum absolute atomic E-state index is 0.0741. The van der Waals surface area contributed by atoms with Crippen molar-refractivity contribution in [3.63, 3.8) is 0 Å². The van der Waals surface area contributed by atoms with Crippen molar-refractivity contribution < 1.29 is 14.3 Å². The summed E-state index contributed by atoms with van der Waals surface area (Å²) in [5, 5.41) is 4.01. The Hall–Kier alpha value is -2.54. The van der Waals surface area contributed by atoms with E-state index in [1.54, 1.807) is 12.0 Å². The van der Waals surface area contributed by atoms with Crippen LogP contribution >= 0.6 is 0 Å². The maximum atomic E-state index is 13.3. The standard InChI is InChI=1S/C25H36N4O3/c1-4-18-9-5-6-14-28(18)15-8-13-26-25(31)24-23(29-16-7-10-22(29)30)20-17-19(32-3)11-12-21(20)27(24)2/h11-12,17-18H,4-10,13-16H2,1-3H3,(H,26,31). The van der Waals surface area contributed by atoms with Crippen LogP contribution in [0.1, 0.15) is 62.4 Å². The fourth-order valence-corrected chi connectivity index (χ4v) is 5.33. The Morgan fingerprint density at radius 1 is 1.22 bits per heavy atom. The molecule has 0 radical (unpaired) electrons. The monoisotopic (exact) mass is 440 g/mol. The first-order valence-electron chi connectivity index (χ1n) is 12.0. The van der Waals surface area contributed by atoms with Crippen molar-refractivity contribution in [2.24, 2.45) is 7.05 Å². The lowest BCUT2D eigenvalue weighted by Crippen LogP contribution is -2.40. The van der Waals surface area contributed by atoms with Crippen LogP contribution in [-0.2, 0) is 11.8 Å². The molecule has 7 nitrogen and oxygen atoms in total. The molecule has 1 aromatic carbocycles. The van der Waals surface area contributed by atoms with Gasteiger partial charge < -0.3 is 24.4 Å². The van der Waals surface area contributed by atoms with E-state index in [0.29, 0.717) is 36.9 Å². The molecule has 7 heteroatoms. The lowest BCUT2D eigenvalue weighted by Gasteiger charge is -2.35. The summed E-state index contributed by atoms with van der Waals surface area (Å²) in [5.74, 6) is 0.670. The fourth-order valence-electron chi connectivity index (χ4n) is 5.33. The Bertz CT molecular complexity index is 983. The first-order valence-corrected chi connectivity index (χ1v) is 12.0. The smallest absolute Gasteiger partial charge is 0.270 e. The summed E-state index contributed by atoms with van der Waals surface area (Å²) < 4.78 is 7.32. The molecule has 2 aromatic rings. The maximum Gasteiger partial charge on any atom is 0.270 e. The molecule has 3 heterocycles. The van der Waals surface area contributed by atoms with Crippen LogP contribution in [0.15, 0.2) is 18.2 Å². The molecule has 2 aliphatic rings. The van der Waals surface area contributed by atoms with Crippen molar-refractivity contribution in [3.8, 4) is 5.75 Å². The zero-order valence-corrected chi connectivity index (χ0v) is 19.7. The topological polar surface area (TPSA) is 66.8 Å². The molecule has 32 heavy (non-hydrogen) atoms. The number of benzene rings is 1. The number of anilines is 1. The largest absolute Gasteiger partial charge is 0.497 e. The van der Waals surface area contributed by atoms with E-state index in [-0.39, 0.29) is 11.8 Å². The number of hydrogen-bond donors (Lipinski definition) is 1. The maximum absolute atomic E-state index is 13.3. The van der Waals surface area contributed by atoms with Crippen LogP contribution in [0.5, 0.6) is 5.75 Å². The predicted octanol–water partition coefficient (Wildman–Crippen LogP) is 3.70. The number of fused-ring (bicyclic) bond motifs is 1. The van der Waals surface area contributed by atoms with Gasteiger partial charge in [0, 0.05) is 44.5 Å². The number of amides is 2. The summed E-state index contributed by atoms with van der Waals surface area (Å²) in [6, 6.07) is 6.45. The van der Waals surface area contributed by atoms with Crippen LogP contribution < -0.4 is 15.0 Å². The van der Waals surface area contributed by atoms with Gasteiger partial charge in [-0.05, 0) is 56.8 Å². The fraction of sp³-hybridized carbons (Fsp3) is 0.600. The van der Waals surface area contributed by atoms with E-state index in [4.69, 9.17) is 4.74 Å². The van der Waals surface area contributed by atoms with E-state index in [2.05, 4.69) is 17.1 Å². The Labute approximate surface area is 190 Å². The van der Waals surface area contributed by atoms with Gasteiger partial charge in [0.05, 0.1) is 18.3 Å². The number of nitrogens with one attached hydrogen (secondary N) is 1. The average Bonchev–Trinajstić information content (AvgIpc) is 3.36. The van der Waals surface area contributed by atoms with Crippen molar-refractivity contribution in [2.75, 3.05) is 38.2 Å². The van der Waals surface area contributed by atoms with Gasteiger partial charge in [0.2, 0.25) is 5.91 Å². The summed E-state index contributed by atoms with van der Waals surface area (Å²) in [4.78, 5) is 30.3. The summed E-state index contributed by atoms with van der Waals surface area (Å²) in [5.41, 5.74) is 2.18. The predicted molar refractivity (Wildman–Crippen MR) is 128 cm³/mol. The Balaban J connectivity index is 1.53. The molecule has 1 N–H and O–H groups in total. The van der Waals surface area contributed by atoms with Crippen molar-refractivity contribution in [1.29, 1.82) is 0 Å². The van der Waals surface area contributed by atoms with Gasteiger partial charge in [-0.2, -0.15) is 0 Å². The van der Waals surface area contributed by atoms with Gasteiger partial charge in [-0.1, -0.05) is 13.3 Å². The van der Waals surface area contributed by atoms with Crippen molar-refractivity contribution in [1.82, 2.24) is 14.8 Å². The first kappa shape index (κ1) is 22.6. The van der Waals surface area contributed by atoms with E-state index >= 15 is 0 Å². The molecular weight excluding hydrogens is 404 g/mol. The molecule has 2 saturated heterocycles. The lowest BCUT2D eigenvalue weighted by molar-refractivity contribution is -0.117. The molecule has 1 atom stereocenters. The zero-order valence-electron chi connectivity index (χ0n) is 19.7.